The molecule has 16 nitrogen and oxygen atoms in total. The molecule has 0 saturated carbocycles. The predicted octanol–water partition coefficient (Wildman–Crippen LogP) is 8.02. The van der Waals surface area contributed by atoms with Crippen LogP contribution in [0.4, 0.5) is 0 Å². The number of nitrogens with zero attached hydrogens (tertiary/aromatic N) is 7. The fourth-order valence-electron chi connectivity index (χ4n) is 6.78. The van der Waals surface area contributed by atoms with Crippen LogP contribution in [-0.2, 0) is 47.5 Å². The molecule has 0 aliphatic heterocycles. The standard InChI is InChI=1S/C25H37N5O4S.C22H26N2O5S/c1-20(2)17-28(24(31)16-25(3,4)5)10-6-11-30(13-12-29-19-26-18-27-29)35(32,33)22-7-8-23-21(15-22)9-14-34-23;1-22(2,3)21(25)29-13-4-12-24(16-17-7-10-23-11-8-17)30(26,27)19-5-6-20-18(15-19)9-14-28-20/h7-9,14-15,18-20H,6,10-13,16-17H2,1-5H3;5-11,14-15H,4,12-13,16H2,1-3H3. The molecule has 0 spiro atoms. The van der Waals surface area contributed by atoms with E-state index in [-0.39, 0.29) is 59.9 Å². The number of carbonyl (C=O) groups excluding carboxylic acids is 2. The van der Waals surface area contributed by atoms with Crippen molar-refractivity contribution < 1.29 is 40.0 Å². The summed E-state index contributed by atoms with van der Waals surface area (Å²) in [5.41, 5.74) is 1.39. The Labute approximate surface area is 383 Å². The number of pyridine rings is 1. The molecule has 0 bridgehead atoms. The molecule has 2 aromatic carbocycles. The maximum atomic E-state index is 13.6. The van der Waals surface area contributed by atoms with E-state index in [0.717, 1.165) is 16.3 Å². The minimum absolute atomic E-state index is 0.105. The third kappa shape index (κ3) is 14.8. The van der Waals surface area contributed by atoms with Crippen molar-refractivity contribution in [1.82, 2.24) is 33.3 Å². The monoisotopic (exact) mass is 933 g/mol. The second-order valence-electron chi connectivity index (χ2n) is 18.6. The summed E-state index contributed by atoms with van der Waals surface area (Å²) < 4.78 is 74.4. The Morgan fingerprint density at radius 3 is 1.86 bits per heavy atom. The number of aromatic nitrogens is 4. The van der Waals surface area contributed by atoms with Gasteiger partial charge in [0.2, 0.25) is 26.0 Å². The lowest BCUT2D eigenvalue weighted by molar-refractivity contribution is -0.153. The zero-order chi connectivity index (χ0) is 47.4. The molecule has 6 rings (SSSR count). The van der Waals surface area contributed by atoms with E-state index in [1.54, 1.807) is 111 Å². The van der Waals surface area contributed by atoms with Crippen molar-refractivity contribution in [3.8, 4) is 0 Å². The second-order valence-corrected chi connectivity index (χ2v) is 22.4. The van der Waals surface area contributed by atoms with Crippen molar-refractivity contribution in [2.24, 2.45) is 16.7 Å². The summed E-state index contributed by atoms with van der Waals surface area (Å²) in [6, 6.07) is 16.7. The predicted molar refractivity (Wildman–Crippen MR) is 248 cm³/mol. The molecule has 0 saturated heterocycles. The lowest BCUT2D eigenvalue weighted by atomic mass is 9.91. The molecule has 0 atom stereocenters. The summed E-state index contributed by atoms with van der Waals surface area (Å²) in [7, 11) is -7.53. The molecule has 4 heterocycles. The molecule has 352 valence electrons. The summed E-state index contributed by atoms with van der Waals surface area (Å²) >= 11 is 0. The first-order valence-electron chi connectivity index (χ1n) is 21.7. The Bertz CT molecular complexity index is 2670. The van der Waals surface area contributed by atoms with Crippen LogP contribution in [0.15, 0.2) is 117 Å². The fourth-order valence-corrected chi connectivity index (χ4v) is 9.79. The van der Waals surface area contributed by atoms with Gasteiger partial charge in [0.05, 0.1) is 40.9 Å². The zero-order valence-corrected chi connectivity index (χ0v) is 40.3. The van der Waals surface area contributed by atoms with Crippen molar-refractivity contribution >= 4 is 53.9 Å². The van der Waals surface area contributed by atoms with Crippen LogP contribution in [-0.4, -0.2) is 101 Å². The number of hydrogen-bond donors (Lipinski definition) is 0. The van der Waals surface area contributed by atoms with E-state index in [9.17, 15) is 26.4 Å². The first-order chi connectivity index (χ1) is 30.6. The lowest BCUT2D eigenvalue weighted by Gasteiger charge is -2.29. The summed E-state index contributed by atoms with van der Waals surface area (Å²) in [4.78, 5) is 35.1. The number of furan rings is 2. The van der Waals surface area contributed by atoms with Gasteiger partial charge in [0.15, 0.2) is 0 Å². The highest BCUT2D eigenvalue weighted by Crippen LogP contribution is 2.26. The highest BCUT2D eigenvalue weighted by Gasteiger charge is 2.28. The first kappa shape index (κ1) is 50.6. The molecule has 65 heavy (non-hydrogen) atoms. The van der Waals surface area contributed by atoms with Gasteiger partial charge in [-0.3, -0.25) is 19.3 Å². The number of ether oxygens (including phenoxy) is 1. The van der Waals surface area contributed by atoms with Crippen LogP contribution in [0.2, 0.25) is 0 Å². The molecule has 0 aliphatic rings. The van der Waals surface area contributed by atoms with Crippen molar-refractivity contribution in [3.63, 3.8) is 0 Å². The summed E-state index contributed by atoms with van der Waals surface area (Å²) in [6.45, 7) is 18.3. The molecule has 0 aliphatic carbocycles. The number of fused-ring (bicyclic) bond motifs is 2. The van der Waals surface area contributed by atoms with Gasteiger partial charge < -0.3 is 18.5 Å². The van der Waals surface area contributed by atoms with Gasteiger partial charge in [-0.15, -0.1) is 0 Å². The topological polar surface area (TPSA) is 191 Å². The molecular weight excluding hydrogens is 871 g/mol. The van der Waals surface area contributed by atoms with E-state index < -0.39 is 25.5 Å². The molecule has 0 fully saturated rings. The third-order valence-corrected chi connectivity index (χ3v) is 13.9. The average Bonchev–Trinajstić information content (AvgIpc) is 4.04. The van der Waals surface area contributed by atoms with Crippen LogP contribution in [0, 0.1) is 16.7 Å². The number of esters is 1. The minimum Gasteiger partial charge on any atom is -0.465 e. The van der Waals surface area contributed by atoms with E-state index in [1.807, 2.05) is 25.7 Å². The van der Waals surface area contributed by atoms with E-state index in [0.29, 0.717) is 56.0 Å². The van der Waals surface area contributed by atoms with Gasteiger partial charge >= 0.3 is 5.97 Å². The van der Waals surface area contributed by atoms with Crippen LogP contribution >= 0.6 is 0 Å². The van der Waals surface area contributed by atoms with Crippen molar-refractivity contribution in [2.75, 3.05) is 39.3 Å². The minimum atomic E-state index is -3.77. The highest BCUT2D eigenvalue weighted by molar-refractivity contribution is 7.89. The molecule has 4 aromatic heterocycles. The van der Waals surface area contributed by atoms with Gasteiger partial charge in [-0.25, -0.2) is 21.8 Å². The van der Waals surface area contributed by atoms with E-state index >= 15 is 0 Å². The fraction of sp³-hybridized carbons (Fsp3) is 0.468. The van der Waals surface area contributed by atoms with Gasteiger partial charge in [0.1, 0.15) is 23.8 Å². The summed E-state index contributed by atoms with van der Waals surface area (Å²) in [5.74, 6) is 0.123. The van der Waals surface area contributed by atoms with Gasteiger partial charge in [-0.1, -0.05) is 34.6 Å². The van der Waals surface area contributed by atoms with Gasteiger partial charge in [0, 0.05) is 68.9 Å². The summed E-state index contributed by atoms with van der Waals surface area (Å²) in [5, 5.41) is 5.55. The quantitative estimate of drug-likeness (QED) is 0.0530. The molecule has 0 N–H and O–H groups in total. The first-order valence-corrected chi connectivity index (χ1v) is 24.6. The Balaban J connectivity index is 0.000000247. The number of benzene rings is 2. The van der Waals surface area contributed by atoms with Crippen LogP contribution in [0.5, 0.6) is 0 Å². The van der Waals surface area contributed by atoms with Crippen LogP contribution in [0.1, 0.15) is 80.2 Å². The van der Waals surface area contributed by atoms with Crippen LogP contribution < -0.4 is 0 Å². The number of amides is 1. The molecule has 18 heteroatoms. The Hall–Kier alpha value is -5.43. The lowest BCUT2D eigenvalue weighted by Crippen LogP contribution is -2.40. The number of sulfonamides is 2. The average molecular weight is 934 g/mol. The number of hydrogen-bond acceptors (Lipinski definition) is 12. The molecule has 0 radical (unpaired) electrons. The number of rotatable bonds is 20. The van der Waals surface area contributed by atoms with E-state index in [4.69, 9.17) is 13.6 Å². The maximum absolute atomic E-state index is 13.6. The SMILES string of the molecule is CC(C)(C)C(=O)OCCCN(Cc1ccncc1)S(=O)(=O)c1ccc2occc2c1.CC(C)CN(CCCN(CCn1cncn1)S(=O)(=O)c1ccc2occc2c1)C(=O)CC(C)(C)C. The Kier molecular flexibility index (Phi) is 17.2. The largest absolute Gasteiger partial charge is 0.465 e. The molecular formula is C47H63N7O9S2. The molecule has 6 aromatic rings. The van der Waals surface area contributed by atoms with Crippen molar-refractivity contribution in [3.05, 3.63) is 104 Å². The van der Waals surface area contributed by atoms with Gasteiger partial charge in [-0.2, -0.15) is 13.7 Å². The van der Waals surface area contributed by atoms with Crippen LogP contribution in [0.3, 0.4) is 0 Å². The highest BCUT2D eigenvalue weighted by atomic mass is 32.2. The normalized spacial score (nSPS) is 12.5. The van der Waals surface area contributed by atoms with E-state index in [1.165, 1.54) is 21.2 Å². The van der Waals surface area contributed by atoms with Crippen molar-refractivity contribution in [2.45, 2.75) is 97.5 Å². The number of carbonyl (C=O) groups is 2. The summed E-state index contributed by atoms with van der Waals surface area (Å²) in [6.07, 6.45) is 10.7. The van der Waals surface area contributed by atoms with Gasteiger partial charge in [0.25, 0.3) is 0 Å². The molecule has 1 amide bonds. The second kappa shape index (κ2) is 22.2. The Morgan fingerprint density at radius 2 is 1.32 bits per heavy atom. The maximum Gasteiger partial charge on any atom is 0.311 e. The van der Waals surface area contributed by atoms with Gasteiger partial charge in [-0.05, 0) is 111 Å². The van der Waals surface area contributed by atoms with Crippen molar-refractivity contribution in [1.29, 1.82) is 0 Å². The third-order valence-electron chi connectivity index (χ3n) is 10.1. The zero-order valence-electron chi connectivity index (χ0n) is 38.7. The smallest absolute Gasteiger partial charge is 0.311 e. The molecule has 0 unspecified atom stereocenters. The van der Waals surface area contributed by atoms with Crippen LogP contribution in [0.25, 0.3) is 21.9 Å². The van der Waals surface area contributed by atoms with E-state index in [2.05, 4.69) is 28.9 Å². The Morgan fingerprint density at radius 1 is 0.738 bits per heavy atom.